The van der Waals surface area contributed by atoms with E-state index in [4.69, 9.17) is 14.5 Å². The van der Waals surface area contributed by atoms with Crippen LogP contribution in [0.25, 0.3) is 21.8 Å². The van der Waals surface area contributed by atoms with Gasteiger partial charge in [-0.2, -0.15) is 5.10 Å². The largest absolute Gasteiger partial charge is 0.497 e. The molecule has 2 aromatic carbocycles. The zero-order valence-electron chi connectivity index (χ0n) is 15.1. The molecule has 1 fully saturated rings. The summed E-state index contributed by atoms with van der Waals surface area (Å²) in [6.07, 6.45) is 1.54. The molecule has 3 heterocycles. The number of hydrogen-bond donors (Lipinski definition) is 2. The van der Waals surface area contributed by atoms with Gasteiger partial charge >= 0.3 is 6.09 Å². The second-order valence-electron chi connectivity index (χ2n) is 6.43. The molecule has 0 atom stereocenters. The van der Waals surface area contributed by atoms with Crippen LogP contribution in [0.2, 0.25) is 0 Å². The molecule has 28 heavy (non-hydrogen) atoms. The fraction of sp³-hybridized carbons (Fsp3) is 0.150. The minimum Gasteiger partial charge on any atom is -0.497 e. The van der Waals surface area contributed by atoms with Gasteiger partial charge in [0.2, 0.25) is 0 Å². The highest BCUT2D eigenvalue weighted by atomic mass is 16.6. The van der Waals surface area contributed by atoms with Crippen LogP contribution in [-0.2, 0) is 4.74 Å². The minimum atomic E-state index is -0.314. The van der Waals surface area contributed by atoms with Crippen molar-refractivity contribution in [1.82, 2.24) is 15.2 Å². The summed E-state index contributed by atoms with van der Waals surface area (Å²) in [7, 11) is 1.64. The van der Waals surface area contributed by atoms with Gasteiger partial charge in [0.25, 0.3) is 0 Å². The van der Waals surface area contributed by atoms with Crippen molar-refractivity contribution >= 4 is 45.1 Å². The lowest BCUT2D eigenvalue weighted by molar-refractivity contribution is 0.181. The van der Waals surface area contributed by atoms with E-state index in [1.807, 2.05) is 48.7 Å². The molecule has 0 saturated carbocycles. The predicted octanol–water partition coefficient (Wildman–Crippen LogP) is 3.82. The number of aromatic amines is 1. The molecule has 1 saturated heterocycles. The SMILES string of the molecule is COc1ccc2nc(Nc3ccc(N4CCOC4=O)cc3)c3n[nH]cc3c2c1. The van der Waals surface area contributed by atoms with Crippen LogP contribution in [0.1, 0.15) is 0 Å². The van der Waals surface area contributed by atoms with Crippen LogP contribution >= 0.6 is 0 Å². The van der Waals surface area contributed by atoms with Crippen molar-refractivity contribution in [2.45, 2.75) is 0 Å². The van der Waals surface area contributed by atoms with E-state index in [1.165, 1.54) is 0 Å². The number of rotatable bonds is 4. The standard InChI is InChI=1S/C20H17N5O3/c1-27-14-6-7-17-15(10-14)16-11-21-24-18(16)19(23-17)22-12-2-4-13(5-3-12)25-8-9-28-20(25)26/h2-7,10-11H,8-9H2,1H3,(H,21,24)(H,22,23). The molecule has 0 aliphatic carbocycles. The quantitative estimate of drug-likeness (QED) is 0.563. The molecule has 140 valence electrons. The number of carbonyl (C=O) groups is 1. The van der Waals surface area contributed by atoms with Crippen molar-refractivity contribution in [3.8, 4) is 5.75 Å². The molecule has 0 radical (unpaired) electrons. The van der Waals surface area contributed by atoms with Crippen molar-refractivity contribution in [3.05, 3.63) is 48.7 Å². The summed E-state index contributed by atoms with van der Waals surface area (Å²) in [4.78, 5) is 18.0. The Morgan fingerprint density at radius 1 is 1.18 bits per heavy atom. The van der Waals surface area contributed by atoms with Crippen molar-refractivity contribution in [3.63, 3.8) is 0 Å². The topological polar surface area (TPSA) is 92.4 Å². The Labute approximate surface area is 160 Å². The monoisotopic (exact) mass is 375 g/mol. The smallest absolute Gasteiger partial charge is 0.414 e. The summed E-state index contributed by atoms with van der Waals surface area (Å²) in [5.74, 6) is 1.43. The van der Waals surface area contributed by atoms with E-state index < -0.39 is 0 Å². The Kier molecular flexibility index (Phi) is 3.75. The molecular formula is C20H17N5O3. The van der Waals surface area contributed by atoms with Crippen molar-refractivity contribution < 1.29 is 14.3 Å². The van der Waals surface area contributed by atoms with Gasteiger partial charge in [-0.1, -0.05) is 0 Å². The summed E-state index contributed by atoms with van der Waals surface area (Å²) in [5.41, 5.74) is 3.24. The van der Waals surface area contributed by atoms with E-state index in [2.05, 4.69) is 15.5 Å². The maximum atomic E-state index is 11.7. The summed E-state index contributed by atoms with van der Waals surface area (Å²) < 4.78 is 10.3. The first kappa shape index (κ1) is 16.4. The number of cyclic esters (lactones) is 1. The summed E-state index contributed by atoms with van der Waals surface area (Å²) in [5, 5.41) is 12.5. The number of hydrogen-bond acceptors (Lipinski definition) is 6. The maximum absolute atomic E-state index is 11.7. The molecule has 8 nitrogen and oxygen atoms in total. The van der Waals surface area contributed by atoms with Gasteiger partial charge in [0.05, 0.1) is 19.2 Å². The number of H-pyrrole nitrogens is 1. The maximum Gasteiger partial charge on any atom is 0.414 e. The lowest BCUT2D eigenvalue weighted by atomic mass is 10.1. The number of carbonyl (C=O) groups excluding carboxylic acids is 1. The summed E-state index contributed by atoms with van der Waals surface area (Å²) >= 11 is 0. The van der Waals surface area contributed by atoms with Gasteiger partial charge in [0.1, 0.15) is 17.9 Å². The van der Waals surface area contributed by atoms with Crippen molar-refractivity contribution in [1.29, 1.82) is 0 Å². The Morgan fingerprint density at radius 2 is 2.04 bits per heavy atom. The zero-order valence-corrected chi connectivity index (χ0v) is 15.1. The molecule has 2 N–H and O–H groups in total. The highest BCUT2D eigenvalue weighted by molar-refractivity contribution is 6.09. The first-order chi connectivity index (χ1) is 13.7. The third-order valence-electron chi connectivity index (χ3n) is 4.79. The van der Waals surface area contributed by atoms with Gasteiger partial charge in [0.15, 0.2) is 5.82 Å². The van der Waals surface area contributed by atoms with E-state index in [9.17, 15) is 4.79 Å². The number of nitrogens with zero attached hydrogens (tertiary/aromatic N) is 3. The van der Waals surface area contributed by atoms with Crippen LogP contribution in [0.3, 0.4) is 0 Å². The Bertz CT molecular complexity index is 1190. The first-order valence-corrected chi connectivity index (χ1v) is 8.85. The number of pyridine rings is 1. The van der Waals surface area contributed by atoms with Crippen molar-refractivity contribution in [2.24, 2.45) is 0 Å². The third-order valence-corrected chi connectivity index (χ3v) is 4.79. The van der Waals surface area contributed by atoms with E-state index in [-0.39, 0.29) is 6.09 Å². The molecule has 0 unspecified atom stereocenters. The molecule has 0 spiro atoms. The first-order valence-electron chi connectivity index (χ1n) is 8.85. The van der Waals surface area contributed by atoms with Crippen LogP contribution in [0, 0.1) is 0 Å². The molecular weight excluding hydrogens is 358 g/mol. The number of nitrogens with one attached hydrogen (secondary N) is 2. The minimum absolute atomic E-state index is 0.314. The number of fused-ring (bicyclic) bond motifs is 3. The molecule has 2 aromatic heterocycles. The second kappa shape index (κ2) is 6.41. The Balaban J connectivity index is 1.50. The number of amides is 1. The van der Waals surface area contributed by atoms with Crippen LogP contribution in [0.4, 0.5) is 22.0 Å². The Hall–Kier alpha value is -3.81. The molecule has 5 rings (SSSR count). The van der Waals surface area contributed by atoms with Gasteiger partial charge in [-0.15, -0.1) is 0 Å². The predicted molar refractivity (Wildman–Crippen MR) is 106 cm³/mol. The van der Waals surface area contributed by atoms with E-state index in [0.29, 0.717) is 19.0 Å². The van der Waals surface area contributed by atoms with E-state index in [0.717, 1.165) is 38.9 Å². The van der Waals surface area contributed by atoms with Crippen LogP contribution < -0.4 is 15.0 Å². The molecule has 1 amide bonds. The number of methoxy groups -OCH3 is 1. The molecule has 8 heteroatoms. The van der Waals surface area contributed by atoms with Gasteiger partial charge in [-0.25, -0.2) is 9.78 Å². The number of benzene rings is 2. The van der Waals surface area contributed by atoms with Gasteiger partial charge in [-0.05, 0) is 42.5 Å². The van der Waals surface area contributed by atoms with Gasteiger partial charge in [-0.3, -0.25) is 10.00 Å². The number of anilines is 3. The molecule has 1 aliphatic rings. The highest BCUT2D eigenvalue weighted by Crippen LogP contribution is 2.32. The van der Waals surface area contributed by atoms with Gasteiger partial charge < -0.3 is 14.8 Å². The van der Waals surface area contributed by atoms with Gasteiger partial charge in [0, 0.05) is 28.3 Å². The van der Waals surface area contributed by atoms with Crippen LogP contribution in [-0.4, -0.2) is 41.5 Å². The zero-order chi connectivity index (χ0) is 19.1. The summed E-state index contributed by atoms with van der Waals surface area (Å²) in [6.45, 7) is 0.983. The fourth-order valence-corrected chi connectivity index (χ4v) is 3.38. The summed E-state index contributed by atoms with van der Waals surface area (Å²) in [6, 6.07) is 13.3. The molecule has 1 aliphatic heterocycles. The lowest BCUT2D eigenvalue weighted by Gasteiger charge is -2.14. The van der Waals surface area contributed by atoms with Crippen LogP contribution in [0.5, 0.6) is 5.75 Å². The van der Waals surface area contributed by atoms with E-state index in [1.54, 1.807) is 12.0 Å². The average molecular weight is 375 g/mol. The number of ether oxygens (including phenoxy) is 2. The van der Waals surface area contributed by atoms with Crippen LogP contribution in [0.15, 0.2) is 48.7 Å². The van der Waals surface area contributed by atoms with Crippen molar-refractivity contribution in [2.75, 3.05) is 30.5 Å². The molecule has 4 aromatic rings. The average Bonchev–Trinajstić information content (AvgIpc) is 3.38. The Morgan fingerprint density at radius 3 is 2.79 bits per heavy atom. The highest BCUT2D eigenvalue weighted by Gasteiger charge is 2.23. The fourth-order valence-electron chi connectivity index (χ4n) is 3.38. The van der Waals surface area contributed by atoms with E-state index >= 15 is 0 Å². The second-order valence-corrected chi connectivity index (χ2v) is 6.43. The lowest BCUT2D eigenvalue weighted by Crippen LogP contribution is -2.23. The normalized spacial score (nSPS) is 13.9. The molecule has 0 bridgehead atoms. The number of aromatic nitrogens is 3. The third kappa shape index (κ3) is 2.66.